The monoisotopic (exact) mass is 226 g/mol. The fraction of sp³-hybridized carbons (Fsp3) is 0.400. The molecule has 0 aliphatic carbocycles. The number of aryl methyl sites for hydroxylation is 1. The van der Waals surface area contributed by atoms with Crippen LogP contribution in [-0.4, -0.2) is 34.4 Å². The van der Waals surface area contributed by atoms with Gasteiger partial charge in [-0.3, -0.25) is 10.1 Å². The van der Waals surface area contributed by atoms with Crippen LogP contribution in [0.15, 0.2) is 18.2 Å². The van der Waals surface area contributed by atoms with Gasteiger partial charge in [-0.25, -0.2) is 0 Å². The molecule has 1 atom stereocenters. The summed E-state index contributed by atoms with van der Waals surface area (Å²) in [4.78, 5) is 10.2. The van der Waals surface area contributed by atoms with Gasteiger partial charge in [0.1, 0.15) is 5.69 Å². The molecule has 1 aromatic carbocycles. The van der Waals surface area contributed by atoms with E-state index in [0.717, 1.165) is 5.56 Å². The van der Waals surface area contributed by atoms with Gasteiger partial charge in [0.05, 0.1) is 17.6 Å². The number of aliphatic hydroxyl groups is 2. The van der Waals surface area contributed by atoms with Crippen molar-refractivity contribution in [3.63, 3.8) is 0 Å². The van der Waals surface area contributed by atoms with Gasteiger partial charge < -0.3 is 15.5 Å². The van der Waals surface area contributed by atoms with E-state index < -0.39 is 11.0 Å². The second-order valence-electron chi connectivity index (χ2n) is 3.50. The Morgan fingerprint density at radius 3 is 2.81 bits per heavy atom. The molecule has 1 aromatic rings. The van der Waals surface area contributed by atoms with E-state index in [1.807, 2.05) is 6.92 Å². The number of hydrogen-bond acceptors (Lipinski definition) is 5. The van der Waals surface area contributed by atoms with Gasteiger partial charge in [0, 0.05) is 12.6 Å². The third kappa shape index (κ3) is 3.18. The second-order valence-corrected chi connectivity index (χ2v) is 3.50. The van der Waals surface area contributed by atoms with Crippen LogP contribution in [0.2, 0.25) is 0 Å². The van der Waals surface area contributed by atoms with Crippen LogP contribution in [0.25, 0.3) is 0 Å². The molecule has 1 unspecified atom stereocenters. The Morgan fingerprint density at radius 2 is 2.25 bits per heavy atom. The van der Waals surface area contributed by atoms with E-state index in [0.29, 0.717) is 5.69 Å². The van der Waals surface area contributed by atoms with Gasteiger partial charge in [0.2, 0.25) is 0 Å². The minimum absolute atomic E-state index is 0.0456. The average molecular weight is 226 g/mol. The number of anilines is 1. The van der Waals surface area contributed by atoms with Crippen LogP contribution in [-0.2, 0) is 0 Å². The lowest BCUT2D eigenvalue weighted by atomic mass is 10.2. The highest BCUT2D eigenvalue weighted by Crippen LogP contribution is 2.24. The molecule has 3 N–H and O–H groups in total. The summed E-state index contributed by atoms with van der Waals surface area (Å²) in [5.74, 6) is 0. The normalized spacial score (nSPS) is 12.2. The maximum Gasteiger partial charge on any atom is 0.292 e. The molecular formula is C10H14N2O4. The van der Waals surface area contributed by atoms with Crippen molar-refractivity contribution in [2.45, 2.75) is 13.0 Å². The number of nitrogens with one attached hydrogen (secondary N) is 1. The molecule has 0 amide bonds. The molecule has 0 saturated carbocycles. The summed E-state index contributed by atoms with van der Waals surface area (Å²) in [6.07, 6.45) is -0.930. The number of hydrogen-bond donors (Lipinski definition) is 3. The van der Waals surface area contributed by atoms with E-state index in [1.165, 1.54) is 6.07 Å². The van der Waals surface area contributed by atoms with Gasteiger partial charge >= 0.3 is 0 Å². The predicted octanol–water partition coefficient (Wildman–Crippen LogP) is 0.668. The van der Waals surface area contributed by atoms with Gasteiger partial charge in [-0.2, -0.15) is 0 Å². The first-order valence-electron chi connectivity index (χ1n) is 4.82. The molecule has 16 heavy (non-hydrogen) atoms. The number of nitro benzene ring substituents is 1. The van der Waals surface area contributed by atoms with Gasteiger partial charge in [-0.1, -0.05) is 6.07 Å². The highest BCUT2D eigenvalue weighted by Gasteiger charge is 2.13. The first kappa shape index (κ1) is 12.4. The van der Waals surface area contributed by atoms with Crippen LogP contribution in [0.5, 0.6) is 0 Å². The standard InChI is InChI=1S/C10H14N2O4/c1-7-2-3-10(12(15)16)9(4-7)11-5-8(14)6-13/h2-4,8,11,13-14H,5-6H2,1H3. The van der Waals surface area contributed by atoms with Gasteiger partial charge in [0.25, 0.3) is 5.69 Å². The molecule has 0 saturated heterocycles. The maximum atomic E-state index is 10.7. The Morgan fingerprint density at radius 1 is 1.56 bits per heavy atom. The van der Waals surface area contributed by atoms with Crippen LogP contribution in [0.1, 0.15) is 5.56 Å². The lowest BCUT2D eigenvalue weighted by Crippen LogP contribution is -2.23. The lowest BCUT2D eigenvalue weighted by molar-refractivity contribution is -0.384. The van der Waals surface area contributed by atoms with Crippen molar-refractivity contribution in [1.29, 1.82) is 0 Å². The highest BCUT2D eigenvalue weighted by molar-refractivity contribution is 5.62. The Hall–Kier alpha value is -1.66. The van der Waals surface area contributed by atoms with E-state index in [9.17, 15) is 10.1 Å². The van der Waals surface area contributed by atoms with E-state index in [-0.39, 0.29) is 18.8 Å². The van der Waals surface area contributed by atoms with Gasteiger partial charge in [0.15, 0.2) is 0 Å². The first-order chi connectivity index (χ1) is 7.54. The minimum atomic E-state index is -0.930. The van der Waals surface area contributed by atoms with Crippen molar-refractivity contribution >= 4 is 11.4 Å². The number of rotatable bonds is 5. The van der Waals surface area contributed by atoms with Crippen molar-refractivity contribution in [2.24, 2.45) is 0 Å². The van der Waals surface area contributed by atoms with Gasteiger partial charge in [-0.05, 0) is 18.6 Å². The molecule has 88 valence electrons. The van der Waals surface area contributed by atoms with Crippen molar-refractivity contribution in [3.05, 3.63) is 33.9 Å². The Kier molecular flexibility index (Phi) is 4.21. The fourth-order valence-corrected chi connectivity index (χ4v) is 1.24. The zero-order valence-corrected chi connectivity index (χ0v) is 8.88. The molecule has 0 aliphatic rings. The number of nitrogens with zero attached hydrogens (tertiary/aromatic N) is 1. The fourth-order valence-electron chi connectivity index (χ4n) is 1.24. The van der Waals surface area contributed by atoms with E-state index in [4.69, 9.17) is 10.2 Å². The first-order valence-corrected chi connectivity index (χ1v) is 4.82. The van der Waals surface area contributed by atoms with Gasteiger partial charge in [-0.15, -0.1) is 0 Å². The zero-order chi connectivity index (χ0) is 12.1. The van der Waals surface area contributed by atoms with Crippen LogP contribution in [0, 0.1) is 17.0 Å². The van der Waals surface area contributed by atoms with E-state index in [2.05, 4.69) is 5.32 Å². The molecule has 0 aliphatic heterocycles. The van der Waals surface area contributed by atoms with E-state index in [1.54, 1.807) is 12.1 Å². The summed E-state index contributed by atoms with van der Waals surface area (Å²) in [7, 11) is 0. The van der Waals surface area contributed by atoms with Crippen molar-refractivity contribution < 1.29 is 15.1 Å². The molecule has 0 bridgehead atoms. The summed E-state index contributed by atoms with van der Waals surface area (Å²) in [5, 5.41) is 31.2. The molecular weight excluding hydrogens is 212 g/mol. The van der Waals surface area contributed by atoms with Crippen LogP contribution < -0.4 is 5.32 Å². The SMILES string of the molecule is Cc1ccc([N+](=O)[O-])c(NCC(O)CO)c1. The second kappa shape index (κ2) is 5.43. The van der Waals surface area contributed by atoms with Crippen molar-refractivity contribution in [1.82, 2.24) is 0 Å². The predicted molar refractivity (Wildman–Crippen MR) is 59.4 cm³/mol. The lowest BCUT2D eigenvalue weighted by Gasteiger charge is -2.10. The molecule has 1 rings (SSSR count). The molecule has 0 spiro atoms. The minimum Gasteiger partial charge on any atom is -0.394 e. The Labute approximate surface area is 92.7 Å². The van der Waals surface area contributed by atoms with Crippen molar-refractivity contribution in [2.75, 3.05) is 18.5 Å². The molecule has 0 heterocycles. The largest absolute Gasteiger partial charge is 0.394 e. The summed E-state index contributed by atoms with van der Waals surface area (Å²) in [6, 6.07) is 4.68. The molecule has 0 fully saturated rings. The molecule has 0 aromatic heterocycles. The van der Waals surface area contributed by atoms with Crippen LogP contribution in [0.3, 0.4) is 0 Å². The van der Waals surface area contributed by atoms with Crippen LogP contribution in [0.4, 0.5) is 11.4 Å². The Balaban J connectivity index is 2.84. The summed E-state index contributed by atoms with van der Waals surface area (Å²) in [5.41, 5.74) is 1.18. The summed E-state index contributed by atoms with van der Waals surface area (Å²) >= 11 is 0. The number of aliphatic hydroxyl groups excluding tert-OH is 2. The van der Waals surface area contributed by atoms with Crippen molar-refractivity contribution in [3.8, 4) is 0 Å². The zero-order valence-electron chi connectivity index (χ0n) is 8.88. The quantitative estimate of drug-likeness (QED) is 0.506. The summed E-state index contributed by atoms with van der Waals surface area (Å²) < 4.78 is 0. The average Bonchev–Trinajstić information content (AvgIpc) is 2.25. The smallest absolute Gasteiger partial charge is 0.292 e. The maximum absolute atomic E-state index is 10.7. The number of benzene rings is 1. The van der Waals surface area contributed by atoms with E-state index >= 15 is 0 Å². The molecule has 6 nitrogen and oxygen atoms in total. The Bertz CT molecular complexity index is 381. The van der Waals surface area contributed by atoms with Crippen LogP contribution >= 0.6 is 0 Å². The third-order valence-electron chi connectivity index (χ3n) is 2.09. The molecule has 6 heteroatoms. The summed E-state index contributed by atoms with van der Waals surface area (Å²) in [6.45, 7) is 1.50. The highest BCUT2D eigenvalue weighted by atomic mass is 16.6. The number of nitro groups is 1. The molecule has 0 radical (unpaired) electrons. The third-order valence-corrected chi connectivity index (χ3v) is 2.09. The topological polar surface area (TPSA) is 95.6 Å².